The van der Waals surface area contributed by atoms with Crippen molar-refractivity contribution in [2.24, 2.45) is 0 Å². The lowest BCUT2D eigenvalue weighted by Gasteiger charge is -2.04. The van der Waals surface area contributed by atoms with Gasteiger partial charge in [0, 0.05) is 12.2 Å². The predicted octanol–water partition coefficient (Wildman–Crippen LogP) is 3.08. The van der Waals surface area contributed by atoms with Gasteiger partial charge in [0.2, 0.25) is 0 Å². The van der Waals surface area contributed by atoms with Gasteiger partial charge in [0.1, 0.15) is 0 Å². The van der Waals surface area contributed by atoms with E-state index in [1.54, 1.807) is 0 Å². The number of aryl methyl sites for hydroxylation is 2. The molecule has 0 fully saturated rings. The SMILES string of the molecule is CCCCCCn1cnc(C)c1C. The van der Waals surface area contributed by atoms with Crippen LogP contribution in [0.15, 0.2) is 6.33 Å². The fraction of sp³-hybridized carbons (Fsp3) is 0.727. The van der Waals surface area contributed by atoms with Crippen LogP contribution in [0, 0.1) is 13.8 Å². The molecule has 0 saturated carbocycles. The molecule has 0 aliphatic rings. The number of unbranched alkanes of at least 4 members (excludes halogenated alkanes) is 3. The average molecular weight is 180 g/mol. The van der Waals surface area contributed by atoms with Crippen LogP contribution in [0.4, 0.5) is 0 Å². The summed E-state index contributed by atoms with van der Waals surface area (Å²) in [5.41, 5.74) is 2.48. The molecule has 0 aromatic carbocycles. The molecular formula is C11H20N2. The standard InChI is InChI=1S/C11H20N2/c1-4-5-6-7-8-13-9-12-10(2)11(13)3/h9H,4-8H2,1-3H3. The molecule has 1 aromatic rings. The fourth-order valence-electron chi connectivity index (χ4n) is 1.48. The van der Waals surface area contributed by atoms with E-state index in [9.17, 15) is 0 Å². The Morgan fingerprint density at radius 2 is 2.00 bits per heavy atom. The second-order valence-corrected chi connectivity index (χ2v) is 3.67. The van der Waals surface area contributed by atoms with Crippen molar-refractivity contribution in [1.29, 1.82) is 0 Å². The highest BCUT2D eigenvalue weighted by atomic mass is 15.0. The van der Waals surface area contributed by atoms with E-state index in [4.69, 9.17) is 0 Å². The number of hydrogen-bond donors (Lipinski definition) is 0. The third-order valence-electron chi connectivity index (χ3n) is 2.60. The summed E-state index contributed by atoms with van der Waals surface area (Å²) >= 11 is 0. The van der Waals surface area contributed by atoms with Crippen molar-refractivity contribution >= 4 is 0 Å². The van der Waals surface area contributed by atoms with Crippen LogP contribution in [0.5, 0.6) is 0 Å². The van der Waals surface area contributed by atoms with E-state index in [2.05, 4.69) is 30.3 Å². The Morgan fingerprint density at radius 1 is 1.23 bits per heavy atom. The fourth-order valence-corrected chi connectivity index (χ4v) is 1.48. The van der Waals surface area contributed by atoms with Gasteiger partial charge in [-0.2, -0.15) is 0 Å². The van der Waals surface area contributed by atoms with Crippen LogP contribution in [-0.2, 0) is 6.54 Å². The summed E-state index contributed by atoms with van der Waals surface area (Å²) in [6.07, 6.45) is 7.24. The van der Waals surface area contributed by atoms with Gasteiger partial charge in [-0.1, -0.05) is 26.2 Å². The molecule has 2 heteroatoms. The second kappa shape index (κ2) is 5.05. The lowest BCUT2D eigenvalue weighted by atomic mass is 10.2. The van der Waals surface area contributed by atoms with Gasteiger partial charge in [0.05, 0.1) is 12.0 Å². The summed E-state index contributed by atoms with van der Waals surface area (Å²) in [5.74, 6) is 0. The molecule has 0 aliphatic heterocycles. The molecule has 1 rings (SSSR count). The largest absolute Gasteiger partial charge is 0.335 e. The molecule has 0 spiro atoms. The molecule has 1 heterocycles. The van der Waals surface area contributed by atoms with Crippen LogP contribution in [-0.4, -0.2) is 9.55 Å². The first-order valence-electron chi connectivity index (χ1n) is 5.24. The highest BCUT2D eigenvalue weighted by Gasteiger charge is 2.00. The zero-order valence-electron chi connectivity index (χ0n) is 9.01. The highest BCUT2D eigenvalue weighted by molar-refractivity contribution is 5.08. The molecule has 0 atom stereocenters. The van der Waals surface area contributed by atoms with Crippen molar-refractivity contribution in [3.05, 3.63) is 17.7 Å². The zero-order valence-corrected chi connectivity index (χ0v) is 9.01. The molecule has 13 heavy (non-hydrogen) atoms. The summed E-state index contributed by atoms with van der Waals surface area (Å²) in [5, 5.41) is 0. The Balaban J connectivity index is 2.32. The lowest BCUT2D eigenvalue weighted by Crippen LogP contribution is -1.98. The van der Waals surface area contributed by atoms with Crippen molar-refractivity contribution in [3.8, 4) is 0 Å². The first-order valence-corrected chi connectivity index (χ1v) is 5.24. The summed E-state index contributed by atoms with van der Waals surface area (Å²) in [7, 11) is 0. The Hall–Kier alpha value is -0.790. The van der Waals surface area contributed by atoms with Crippen molar-refractivity contribution < 1.29 is 0 Å². The molecule has 0 radical (unpaired) electrons. The molecule has 0 unspecified atom stereocenters. The van der Waals surface area contributed by atoms with Gasteiger partial charge in [-0.15, -0.1) is 0 Å². The maximum absolute atomic E-state index is 4.28. The number of hydrogen-bond acceptors (Lipinski definition) is 1. The van der Waals surface area contributed by atoms with Crippen molar-refractivity contribution in [1.82, 2.24) is 9.55 Å². The monoisotopic (exact) mass is 180 g/mol. The number of rotatable bonds is 5. The van der Waals surface area contributed by atoms with E-state index in [0.29, 0.717) is 0 Å². The minimum atomic E-state index is 1.13. The quantitative estimate of drug-likeness (QED) is 0.637. The van der Waals surface area contributed by atoms with Crippen LogP contribution < -0.4 is 0 Å². The normalized spacial score (nSPS) is 10.7. The maximum atomic E-state index is 4.28. The maximum Gasteiger partial charge on any atom is 0.0951 e. The number of imidazole rings is 1. The van der Waals surface area contributed by atoms with Gasteiger partial charge < -0.3 is 4.57 Å². The Bertz CT molecular complexity index is 251. The first kappa shape index (κ1) is 10.3. The second-order valence-electron chi connectivity index (χ2n) is 3.67. The van der Waals surface area contributed by atoms with E-state index >= 15 is 0 Å². The number of aromatic nitrogens is 2. The molecule has 2 nitrogen and oxygen atoms in total. The Kier molecular flexibility index (Phi) is 4.00. The van der Waals surface area contributed by atoms with Crippen molar-refractivity contribution in [3.63, 3.8) is 0 Å². The van der Waals surface area contributed by atoms with Crippen LogP contribution in [0.1, 0.15) is 44.0 Å². The van der Waals surface area contributed by atoms with E-state index in [-0.39, 0.29) is 0 Å². The predicted molar refractivity (Wildman–Crippen MR) is 55.8 cm³/mol. The van der Waals surface area contributed by atoms with E-state index < -0.39 is 0 Å². The van der Waals surface area contributed by atoms with Crippen LogP contribution in [0.3, 0.4) is 0 Å². The van der Waals surface area contributed by atoms with E-state index in [1.807, 2.05) is 6.33 Å². The molecule has 0 saturated heterocycles. The van der Waals surface area contributed by atoms with E-state index in [0.717, 1.165) is 12.2 Å². The Labute approximate surface area is 81.0 Å². The third kappa shape index (κ3) is 2.87. The van der Waals surface area contributed by atoms with Gasteiger partial charge in [0.15, 0.2) is 0 Å². The Morgan fingerprint density at radius 3 is 2.54 bits per heavy atom. The topological polar surface area (TPSA) is 17.8 Å². The zero-order chi connectivity index (χ0) is 9.68. The van der Waals surface area contributed by atoms with E-state index in [1.165, 1.54) is 31.4 Å². The lowest BCUT2D eigenvalue weighted by molar-refractivity contribution is 0.574. The minimum Gasteiger partial charge on any atom is -0.335 e. The summed E-state index contributed by atoms with van der Waals surface area (Å²) < 4.78 is 2.25. The van der Waals surface area contributed by atoms with Crippen molar-refractivity contribution in [2.45, 2.75) is 53.0 Å². The van der Waals surface area contributed by atoms with Gasteiger partial charge in [-0.05, 0) is 20.3 Å². The van der Waals surface area contributed by atoms with Crippen LogP contribution >= 0.6 is 0 Å². The molecule has 1 aromatic heterocycles. The van der Waals surface area contributed by atoms with Gasteiger partial charge >= 0.3 is 0 Å². The molecular weight excluding hydrogens is 160 g/mol. The highest BCUT2D eigenvalue weighted by Crippen LogP contribution is 2.07. The third-order valence-corrected chi connectivity index (χ3v) is 2.60. The average Bonchev–Trinajstić information content (AvgIpc) is 2.43. The molecule has 74 valence electrons. The molecule has 0 bridgehead atoms. The number of nitrogens with zero attached hydrogens (tertiary/aromatic N) is 2. The minimum absolute atomic E-state index is 1.13. The van der Waals surface area contributed by atoms with Crippen LogP contribution in [0.25, 0.3) is 0 Å². The van der Waals surface area contributed by atoms with Crippen molar-refractivity contribution in [2.75, 3.05) is 0 Å². The smallest absolute Gasteiger partial charge is 0.0951 e. The molecule has 0 amide bonds. The van der Waals surface area contributed by atoms with Gasteiger partial charge in [-0.3, -0.25) is 0 Å². The van der Waals surface area contributed by atoms with Gasteiger partial charge in [-0.25, -0.2) is 4.98 Å². The summed E-state index contributed by atoms with van der Waals surface area (Å²) in [6, 6.07) is 0. The summed E-state index contributed by atoms with van der Waals surface area (Å²) in [4.78, 5) is 4.28. The van der Waals surface area contributed by atoms with Crippen LogP contribution in [0.2, 0.25) is 0 Å². The summed E-state index contributed by atoms with van der Waals surface area (Å²) in [6.45, 7) is 7.58. The van der Waals surface area contributed by atoms with Gasteiger partial charge in [0.25, 0.3) is 0 Å². The first-order chi connectivity index (χ1) is 6.25. The molecule has 0 N–H and O–H groups in total. The molecule has 0 aliphatic carbocycles.